The van der Waals surface area contributed by atoms with Crippen LogP contribution >= 0.6 is 11.8 Å². The predicted molar refractivity (Wildman–Crippen MR) is 76.2 cm³/mol. The molecule has 1 aromatic rings. The summed E-state index contributed by atoms with van der Waals surface area (Å²) in [5, 5.41) is 1.31. The van der Waals surface area contributed by atoms with Gasteiger partial charge in [0.1, 0.15) is 0 Å². The Hall–Kier alpha value is -2.14. The summed E-state index contributed by atoms with van der Waals surface area (Å²) in [7, 11) is 0. The van der Waals surface area contributed by atoms with Crippen molar-refractivity contribution in [2.24, 2.45) is 0 Å². The maximum absolute atomic E-state index is 12.9. The molecule has 0 aromatic heterocycles. The lowest BCUT2D eigenvalue weighted by Crippen LogP contribution is -2.34. The van der Waals surface area contributed by atoms with Crippen LogP contribution in [0.4, 0.5) is 18.9 Å². The molecule has 11 heteroatoms. The fourth-order valence-corrected chi connectivity index (χ4v) is 2.76. The number of ether oxygens (including phenoxy) is 1. The fraction of sp³-hybridized carbons (Fsp3) is 0.385. The zero-order valence-electron chi connectivity index (χ0n) is 12.1. The van der Waals surface area contributed by atoms with Gasteiger partial charge in [0, 0.05) is 23.6 Å². The van der Waals surface area contributed by atoms with Gasteiger partial charge in [0.2, 0.25) is 0 Å². The molecule has 24 heavy (non-hydrogen) atoms. The molecule has 7 nitrogen and oxygen atoms in total. The normalized spacial score (nSPS) is 15.6. The Bertz CT molecular complexity index is 647. The highest BCUT2D eigenvalue weighted by Gasteiger charge is 2.35. The fourth-order valence-electron chi connectivity index (χ4n) is 1.89. The minimum atomic E-state index is -4.80. The molecule has 1 aromatic carbocycles. The maximum atomic E-state index is 12.9. The van der Waals surface area contributed by atoms with Crippen LogP contribution in [-0.2, 0) is 20.6 Å². The summed E-state index contributed by atoms with van der Waals surface area (Å²) in [5.41, 5.74) is -2.37. The van der Waals surface area contributed by atoms with Crippen LogP contribution in [0.1, 0.15) is 15.9 Å². The van der Waals surface area contributed by atoms with E-state index in [0.717, 1.165) is 6.07 Å². The van der Waals surface area contributed by atoms with E-state index in [9.17, 15) is 27.7 Å². The second-order valence-electron chi connectivity index (χ2n) is 4.65. The first kappa shape index (κ1) is 18.2. The van der Waals surface area contributed by atoms with E-state index in [1.807, 2.05) is 0 Å². The number of thioether (sulfide) groups is 1. The Morgan fingerprint density at radius 2 is 1.92 bits per heavy atom. The molecule has 0 aliphatic carbocycles. The summed E-state index contributed by atoms with van der Waals surface area (Å²) in [6.45, 7) is 0.657. The number of halogens is 3. The van der Waals surface area contributed by atoms with Crippen LogP contribution in [0.15, 0.2) is 18.2 Å². The van der Waals surface area contributed by atoms with Crippen LogP contribution in [-0.4, -0.2) is 47.0 Å². The third-order valence-electron chi connectivity index (χ3n) is 3.01. The number of hydrogen-bond acceptors (Lipinski definition) is 7. The van der Waals surface area contributed by atoms with Crippen molar-refractivity contribution in [2.75, 3.05) is 24.6 Å². The Kier molecular flexibility index (Phi) is 5.78. The number of rotatable bonds is 5. The van der Waals surface area contributed by atoms with Crippen molar-refractivity contribution in [3.05, 3.63) is 34.2 Å². The van der Waals surface area contributed by atoms with Crippen LogP contribution in [0.25, 0.3) is 0 Å². The van der Waals surface area contributed by atoms with Gasteiger partial charge in [-0.25, -0.2) is 4.79 Å². The largest absolute Gasteiger partial charge is 0.416 e. The van der Waals surface area contributed by atoms with Gasteiger partial charge in [0.15, 0.2) is 0 Å². The van der Waals surface area contributed by atoms with E-state index >= 15 is 0 Å². The highest BCUT2D eigenvalue weighted by molar-refractivity contribution is 7.99. The summed E-state index contributed by atoms with van der Waals surface area (Å²) < 4.78 is 42.8. The van der Waals surface area contributed by atoms with Gasteiger partial charge in [0.25, 0.3) is 4.92 Å². The van der Waals surface area contributed by atoms with Gasteiger partial charge >= 0.3 is 24.3 Å². The van der Waals surface area contributed by atoms with Crippen LogP contribution in [0, 0.1) is 4.91 Å². The summed E-state index contributed by atoms with van der Waals surface area (Å²) in [4.78, 5) is 38.5. The van der Waals surface area contributed by atoms with Crippen molar-refractivity contribution in [1.82, 2.24) is 5.06 Å². The molecule has 0 saturated carbocycles. The van der Waals surface area contributed by atoms with Gasteiger partial charge in [-0.1, -0.05) is 5.06 Å². The Morgan fingerprint density at radius 3 is 2.50 bits per heavy atom. The third-order valence-corrected chi connectivity index (χ3v) is 3.95. The molecule has 2 rings (SSSR count). The maximum Gasteiger partial charge on any atom is 0.416 e. The van der Waals surface area contributed by atoms with Gasteiger partial charge < -0.3 is 4.74 Å². The number of alkyl halides is 3. The Morgan fingerprint density at radius 1 is 1.25 bits per heavy atom. The zero-order chi connectivity index (χ0) is 17.7. The van der Waals surface area contributed by atoms with Gasteiger partial charge in [-0.05, 0) is 6.07 Å². The van der Waals surface area contributed by atoms with Gasteiger partial charge in [-0.3, -0.25) is 4.79 Å². The van der Waals surface area contributed by atoms with Crippen LogP contribution in [0.3, 0.4) is 0 Å². The van der Waals surface area contributed by atoms with Gasteiger partial charge in [-0.2, -0.15) is 24.9 Å². The molecule has 0 bridgehead atoms. The van der Waals surface area contributed by atoms with Gasteiger partial charge in [0.05, 0.1) is 29.1 Å². The molecule has 1 saturated heterocycles. The van der Waals surface area contributed by atoms with Crippen molar-refractivity contribution in [3.8, 4) is 0 Å². The molecular weight excluding hydrogens is 353 g/mol. The number of hydrogen-bond donors (Lipinski definition) is 0. The van der Waals surface area contributed by atoms with E-state index in [4.69, 9.17) is 4.94 Å². The summed E-state index contributed by atoms with van der Waals surface area (Å²) in [6, 6.07) is 1.89. The first-order valence-corrected chi connectivity index (χ1v) is 7.81. The lowest BCUT2D eigenvalue weighted by atomic mass is 10.1. The van der Waals surface area contributed by atoms with E-state index in [1.54, 1.807) is 11.8 Å². The Labute approximate surface area is 138 Å². The van der Waals surface area contributed by atoms with Crippen molar-refractivity contribution in [1.29, 1.82) is 0 Å². The molecule has 0 spiro atoms. The summed E-state index contributed by atoms with van der Waals surface area (Å²) in [6.07, 6.45) is -4.80. The highest BCUT2D eigenvalue weighted by atomic mass is 32.2. The van der Waals surface area contributed by atoms with Gasteiger partial charge in [-0.15, -0.1) is 4.94 Å². The minimum absolute atomic E-state index is 0.108. The van der Waals surface area contributed by atoms with E-state index < -0.39 is 29.0 Å². The van der Waals surface area contributed by atoms with Crippen LogP contribution < -0.4 is 0 Å². The van der Waals surface area contributed by atoms with E-state index in [0.29, 0.717) is 36.7 Å². The molecule has 0 N–H and O–H groups in total. The molecule has 130 valence electrons. The second-order valence-corrected chi connectivity index (χ2v) is 5.87. The minimum Gasteiger partial charge on any atom is -0.392 e. The summed E-state index contributed by atoms with van der Waals surface area (Å²) >= 11 is 1.65. The molecule has 1 fully saturated rings. The zero-order valence-corrected chi connectivity index (χ0v) is 12.9. The topological polar surface area (TPSA) is 75.9 Å². The standard InChI is InChI=1S/C13H12F3N2O5S/c14-13(15,16)10-5-9(12(20)22-8-19)6-11(7-10)18(21)23-17-1-3-24-4-2-17/h5-8H,1-4H2/q+1. The monoisotopic (exact) mass is 365 g/mol. The quantitative estimate of drug-likeness (QED) is 0.343. The van der Waals surface area contributed by atoms with E-state index in [2.05, 4.69) is 4.74 Å². The first-order valence-electron chi connectivity index (χ1n) is 6.66. The molecule has 1 aliphatic heterocycles. The average Bonchev–Trinajstić information content (AvgIpc) is 2.54. The number of benzene rings is 1. The number of esters is 1. The predicted octanol–water partition coefficient (Wildman–Crippen LogP) is 2.32. The molecule has 0 amide bonds. The SMILES string of the molecule is O=COC(=O)c1cc([N+](=O)ON2CCSCC2)cc(C(F)(F)F)c1. The smallest absolute Gasteiger partial charge is 0.392 e. The Balaban J connectivity index is 2.29. The number of carbonyl (C=O) groups is 2. The number of hydroxylamine groups is 2. The average molecular weight is 365 g/mol. The van der Waals surface area contributed by atoms with E-state index in [1.165, 1.54) is 5.06 Å². The van der Waals surface area contributed by atoms with E-state index in [-0.39, 0.29) is 11.4 Å². The number of nitrogens with zero attached hydrogens (tertiary/aromatic N) is 2. The van der Waals surface area contributed by atoms with Crippen molar-refractivity contribution in [2.45, 2.75) is 6.18 Å². The second kappa shape index (κ2) is 7.62. The molecule has 0 radical (unpaired) electrons. The van der Waals surface area contributed by atoms with Crippen molar-refractivity contribution in [3.63, 3.8) is 0 Å². The molecule has 0 unspecified atom stereocenters. The highest BCUT2D eigenvalue weighted by Crippen LogP contribution is 2.33. The van der Waals surface area contributed by atoms with Crippen molar-refractivity contribution < 1.29 is 37.4 Å². The van der Waals surface area contributed by atoms with Crippen LogP contribution in [0.5, 0.6) is 0 Å². The third kappa shape index (κ3) is 4.68. The first-order chi connectivity index (χ1) is 11.3. The molecule has 0 atom stereocenters. The summed E-state index contributed by atoms with van der Waals surface area (Å²) in [5.74, 6) is 0.126. The molecule has 1 heterocycles. The van der Waals surface area contributed by atoms with Crippen molar-refractivity contribution >= 4 is 29.9 Å². The van der Waals surface area contributed by atoms with Crippen LogP contribution in [0.2, 0.25) is 0 Å². The lowest BCUT2D eigenvalue weighted by molar-refractivity contribution is -0.799. The number of carbonyl (C=O) groups excluding carboxylic acids is 2. The molecule has 1 aliphatic rings. The lowest BCUT2D eigenvalue weighted by Gasteiger charge is -2.18. The molecular formula is C13H12F3N2O5S+.